The number of hydrogen-bond acceptors (Lipinski definition) is 3. The van der Waals surface area contributed by atoms with E-state index in [1.165, 1.54) is 12.4 Å². The largest absolute Gasteiger partial charge is 0.380 e. The molecule has 0 aliphatic carbocycles. The number of halogens is 2. The van der Waals surface area contributed by atoms with Crippen molar-refractivity contribution in [1.82, 2.24) is 9.97 Å². The molecule has 0 radical (unpaired) electrons. The average Bonchev–Trinajstić information content (AvgIpc) is 2.32. The van der Waals surface area contributed by atoms with Gasteiger partial charge in [0, 0.05) is 18.0 Å². The summed E-state index contributed by atoms with van der Waals surface area (Å²) in [6.07, 6.45) is 1.64. The number of aryl methyl sites for hydroxylation is 1. The van der Waals surface area contributed by atoms with Gasteiger partial charge in [-0.15, -0.1) is 0 Å². The SMILES string of the molecule is Cc1cnc(C(O)c2cc(F)ccc2F)nc1. The second-order valence-corrected chi connectivity index (χ2v) is 3.69. The Hall–Kier alpha value is -1.88. The topological polar surface area (TPSA) is 46.0 Å². The van der Waals surface area contributed by atoms with Gasteiger partial charge >= 0.3 is 0 Å². The van der Waals surface area contributed by atoms with Gasteiger partial charge in [0.15, 0.2) is 5.82 Å². The molecule has 0 saturated carbocycles. The van der Waals surface area contributed by atoms with Crippen molar-refractivity contribution in [3.63, 3.8) is 0 Å². The smallest absolute Gasteiger partial charge is 0.161 e. The first-order chi connectivity index (χ1) is 8.08. The number of rotatable bonds is 2. The third-order valence-corrected chi connectivity index (χ3v) is 2.30. The monoisotopic (exact) mass is 236 g/mol. The maximum absolute atomic E-state index is 13.4. The lowest BCUT2D eigenvalue weighted by Gasteiger charge is -2.10. The minimum Gasteiger partial charge on any atom is -0.380 e. The molecule has 0 saturated heterocycles. The summed E-state index contributed by atoms with van der Waals surface area (Å²) in [6.45, 7) is 1.79. The Morgan fingerprint density at radius 3 is 2.47 bits per heavy atom. The zero-order chi connectivity index (χ0) is 12.4. The lowest BCUT2D eigenvalue weighted by molar-refractivity contribution is 0.204. The molecule has 1 unspecified atom stereocenters. The van der Waals surface area contributed by atoms with Crippen molar-refractivity contribution in [3.8, 4) is 0 Å². The van der Waals surface area contributed by atoms with E-state index in [0.717, 1.165) is 23.8 Å². The van der Waals surface area contributed by atoms with Crippen LogP contribution in [-0.2, 0) is 0 Å². The highest BCUT2D eigenvalue weighted by atomic mass is 19.1. The van der Waals surface area contributed by atoms with E-state index < -0.39 is 17.7 Å². The maximum atomic E-state index is 13.4. The van der Waals surface area contributed by atoms with Crippen molar-refractivity contribution in [2.45, 2.75) is 13.0 Å². The Morgan fingerprint density at radius 1 is 1.18 bits per heavy atom. The Balaban J connectivity index is 2.39. The summed E-state index contributed by atoms with van der Waals surface area (Å²) < 4.78 is 26.4. The molecule has 2 rings (SSSR count). The van der Waals surface area contributed by atoms with Crippen LogP contribution < -0.4 is 0 Å². The van der Waals surface area contributed by atoms with Crippen LogP contribution in [0.1, 0.15) is 23.1 Å². The van der Waals surface area contributed by atoms with Crippen LogP contribution in [0.3, 0.4) is 0 Å². The van der Waals surface area contributed by atoms with Crippen molar-refractivity contribution in [2.24, 2.45) is 0 Å². The fourth-order valence-corrected chi connectivity index (χ4v) is 1.41. The lowest BCUT2D eigenvalue weighted by atomic mass is 10.1. The van der Waals surface area contributed by atoms with Crippen LogP contribution in [0.15, 0.2) is 30.6 Å². The molecule has 0 amide bonds. The van der Waals surface area contributed by atoms with Crippen molar-refractivity contribution in [2.75, 3.05) is 0 Å². The molecule has 0 spiro atoms. The van der Waals surface area contributed by atoms with E-state index >= 15 is 0 Å². The highest BCUT2D eigenvalue weighted by molar-refractivity contribution is 5.25. The summed E-state index contributed by atoms with van der Waals surface area (Å²) in [5.41, 5.74) is 0.648. The van der Waals surface area contributed by atoms with Gasteiger partial charge in [0.05, 0.1) is 0 Å². The van der Waals surface area contributed by atoms with Crippen LogP contribution in [0.25, 0.3) is 0 Å². The van der Waals surface area contributed by atoms with Gasteiger partial charge in [-0.1, -0.05) is 0 Å². The molecule has 1 aromatic heterocycles. The Bertz CT molecular complexity index is 529. The first kappa shape index (κ1) is 11.6. The van der Waals surface area contributed by atoms with Gasteiger partial charge in [-0.2, -0.15) is 0 Å². The molecular weight excluding hydrogens is 226 g/mol. The van der Waals surface area contributed by atoms with E-state index in [1.807, 2.05) is 0 Å². The van der Waals surface area contributed by atoms with Crippen LogP contribution >= 0.6 is 0 Å². The fourth-order valence-electron chi connectivity index (χ4n) is 1.41. The summed E-state index contributed by atoms with van der Waals surface area (Å²) in [7, 11) is 0. The van der Waals surface area contributed by atoms with E-state index in [2.05, 4.69) is 9.97 Å². The van der Waals surface area contributed by atoms with Gasteiger partial charge in [-0.05, 0) is 30.7 Å². The summed E-state index contributed by atoms with van der Waals surface area (Å²) in [4.78, 5) is 7.75. The molecule has 88 valence electrons. The quantitative estimate of drug-likeness (QED) is 0.868. The van der Waals surface area contributed by atoms with Gasteiger partial charge in [0.1, 0.15) is 17.7 Å². The summed E-state index contributed by atoms with van der Waals surface area (Å²) in [5, 5.41) is 9.86. The summed E-state index contributed by atoms with van der Waals surface area (Å²) >= 11 is 0. The molecule has 0 bridgehead atoms. The molecule has 3 nitrogen and oxygen atoms in total. The number of hydrogen-bond donors (Lipinski definition) is 1. The third-order valence-electron chi connectivity index (χ3n) is 2.30. The van der Waals surface area contributed by atoms with E-state index in [1.54, 1.807) is 6.92 Å². The second kappa shape index (κ2) is 4.55. The maximum Gasteiger partial charge on any atom is 0.161 e. The van der Waals surface area contributed by atoms with Crippen molar-refractivity contribution in [3.05, 3.63) is 59.2 Å². The van der Waals surface area contributed by atoms with Crippen LogP contribution in [0, 0.1) is 18.6 Å². The van der Waals surface area contributed by atoms with Gasteiger partial charge < -0.3 is 5.11 Å². The third kappa shape index (κ3) is 2.45. The molecule has 1 atom stereocenters. The molecule has 0 aliphatic heterocycles. The summed E-state index contributed by atoms with van der Waals surface area (Å²) in [5.74, 6) is -1.27. The minimum absolute atomic E-state index is 0.0418. The Morgan fingerprint density at radius 2 is 1.82 bits per heavy atom. The number of aliphatic hydroxyl groups excluding tert-OH is 1. The van der Waals surface area contributed by atoms with Gasteiger partial charge in [-0.3, -0.25) is 0 Å². The zero-order valence-corrected chi connectivity index (χ0v) is 9.06. The van der Waals surface area contributed by atoms with Crippen LogP contribution in [-0.4, -0.2) is 15.1 Å². The molecule has 1 heterocycles. The predicted molar refractivity (Wildman–Crippen MR) is 57.2 cm³/mol. The van der Waals surface area contributed by atoms with Gasteiger partial charge in [-0.25, -0.2) is 18.7 Å². The first-order valence-electron chi connectivity index (χ1n) is 4.99. The van der Waals surface area contributed by atoms with Crippen molar-refractivity contribution < 1.29 is 13.9 Å². The molecule has 0 aliphatic rings. The van der Waals surface area contributed by atoms with E-state index in [-0.39, 0.29) is 11.4 Å². The molecule has 1 aromatic carbocycles. The standard InChI is InChI=1S/C12H10F2N2O/c1-7-5-15-12(16-6-7)11(17)9-4-8(13)2-3-10(9)14/h2-6,11,17H,1H3. The number of aliphatic hydroxyl groups is 1. The van der Waals surface area contributed by atoms with E-state index in [4.69, 9.17) is 0 Å². The number of nitrogens with zero attached hydrogens (tertiary/aromatic N) is 2. The minimum atomic E-state index is -1.37. The molecular formula is C12H10F2N2O. The molecule has 2 aromatic rings. The highest BCUT2D eigenvalue weighted by Crippen LogP contribution is 2.22. The summed E-state index contributed by atoms with van der Waals surface area (Å²) in [6, 6.07) is 2.88. The van der Waals surface area contributed by atoms with Crippen LogP contribution in [0.2, 0.25) is 0 Å². The van der Waals surface area contributed by atoms with E-state index in [9.17, 15) is 13.9 Å². The zero-order valence-electron chi connectivity index (χ0n) is 9.06. The molecule has 0 fully saturated rings. The first-order valence-corrected chi connectivity index (χ1v) is 4.99. The van der Waals surface area contributed by atoms with Gasteiger partial charge in [0.2, 0.25) is 0 Å². The van der Waals surface area contributed by atoms with Crippen molar-refractivity contribution in [1.29, 1.82) is 0 Å². The Kier molecular flexibility index (Phi) is 3.10. The van der Waals surface area contributed by atoms with E-state index in [0.29, 0.717) is 0 Å². The van der Waals surface area contributed by atoms with Crippen LogP contribution in [0.5, 0.6) is 0 Å². The molecule has 17 heavy (non-hydrogen) atoms. The predicted octanol–water partition coefficient (Wildman–Crippen LogP) is 2.14. The number of aromatic nitrogens is 2. The molecule has 5 heteroatoms. The number of benzene rings is 1. The van der Waals surface area contributed by atoms with Crippen LogP contribution in [0.4, 0.5) is 8.78 Å². The van der Waals surface area contributed by atoms with Crippen molar-refractivity contribution >= 4 is 0 Å². The highest BCUT2D eigenvalue weighted by Gasteiger charge is 2.18. The normalized spacial score (nSPS) is 12.5. The lowest BCUT2D eigenvalue weighted by Crippen LogP contribution is -2.07. The van der Waals surface area contributed by atoms with Gasteiger partial charge in [0.25, 0.3) is 0 Å². The average molecular weight is 236 g/mol. The molecule has 1 N–H and O–H groups in total. The fraction of sp³-hybridized carbons (Fsp3) is 0.167. The second-order valence-electron chi connectivity index (χ2n) is 3.69. The Labute approximate surface area is 96.8 Å².